The molecule has 1 saturated carbocycles. The molecule has 4 atom stereocenters. The Morgan fingerprint density at radius 3 is 2.60 bits per heavy atom. The van der Waals surface area contributed by atoms with Crippen LogP contribution < -0.4 is 0 Å². The van der Waals surface area contributed by atoms with E-state index in [4.69, 9.17) is 0 Å². The largest absolute Gasteiger partial charge is 0.395 e. The molecule has 0 aromatic heterocycles. The van der Waals surface area contributed by atoms with E-state index in [0.29, 0.717) is 6.42 Å². The standard InChI is InChI=1S/C14H18FNO3S/c15-11-6-12(9-17)16(8-11)20(18,19)14-7-13(14)10-4-2-1-3-5-10/h1-5,11-14,17H,6-9H2. The molecular formula is C14H18FNO3S. The van der Waals surface area contributed by atoms with Crippen LogP contribution in [0.1, 0.15) is 24.3 Å². The van der Waals surface area contributed by atoms with Crippen molar-refractivity contribution in [3.8, 4) is 0 Å². The van der Waals surface area contributed by atoms with Crippen LogP contribution >= 0.6 is 0 Å². The van der Waals surface area contributed by atoms with Crippen molar-refractivity contribution in [2.45, 2.75) is 36.2 Å². The van der Waals surface area contributed by atoms with E-state index in [0.717, 1.165) is 5.56 Å². The SMILES string of the molecule is O=S(=O)(C1CC1c1ccccc1)N1CC(F)CC1CO. The lowest BCUT2D eigenvalue weighted by Gasteiger charge is -2.22. The summed E-state index contributed by atoms with van der Waals surface area (Å²) in [5, 5.41) is 8.76. The lowest BCUT2D eigenvalue weighted by Crippen LogP contribution is -2.40. The molecule has 20 heavy (non-hydrogen) atoms. The number of benzene rings is 1. The van der Waals surface area contributed by atoms with E-state index in [1.165, 1.54) is 4.31 Å². The second-order valence-electron chi connectivity index (χ2n) is 5.58. The summed E-state index contributed by atoms with van der Waals surface area (Å²) in [5.41, 5.74) is 1.01. The molecule has 1 heterocycles. The molecule has 2 aliphatic rings. The highest BCUT2D eigenvalue weighted by atomic mass is 32.2. The van der Waals surface area contributed by atoms with Gasteiger partial charge in [-0.3, -0.25) is 0 Å². The van der Waals surface area contributed by atoms with Crippen LogP contribution in [0.4, 0.5) is 4.39 Å². The van der Waals surface area contributed by atoms with Crippen LogP contribution in [-0.4, -0.2) is 48.4 Å². The van der Waals surface area contributed by atoms with Crippen molar-refractivity contribution in [2.24, 2.45) is 0 Å². The number of alkyl halides is 1. The summed E-state index contributed by atoms with van der Waals surface area (Å²) in [5.74, 6) is -0.000737. The molecule has 1 aromatic carbocycles. The molecule has 1 saturated heterocycles. The lowest BCUT2D eigenvalue weighted by molar-refractivity contribution is 0.212. The summed E-state index contributed by atoms with van der Waals surface area (Å²) < 4.78 is 39.7. The van der Waals surface area contributed by atoms with Gasteiger partial charge in [-0.05, 0) is 18.4 Å². The zero-order chi connectivity index (χ0) is 14.3. The van der Waals surface area contributed by atoms with Crippen molar-refractivity contribution in [3.05, 3.63) is 35.9 Å². The van der Waals surface area contributed by atoms with Crippen molar-refractivity contribution in [2.75, 3.05) is 13.2 Å². The van der Waals surface area contributed by atoms with E-state index < -0.39 is 27.5 Å². The molecule has 2 fully saturated rings. The van der Waals surface area contributed by atoms with Gasteiger partial charge in [0, 0.05) is 12.5 Å². The van der Waals surface area contributed by atoms with E-state index >= 15 is 0 Å². The second kappa shape index (κ2) is 5.09. The van der Waals surface area contributed by atoms with Gasteiger partial charge in [0.2, 0.25) is 10.0 Å². The summed E-state index contributed by atoms with van der Waals surface area (Å²) in [6.07, 6.45) is -0.494. The number of rotatable bonds is 4. The number of hydrogen-bond donors (Lipinski definition) is 1. The summed E-state index contributed by atoms with van der Waals surface area (Å²) in [4.78, 5) is 0. The van der Waals surface area contributed by atoms with Gasteiger partial charge in [-0.25, -0.2) is 12.8 Å². The topological polar surface area (TPSA) is 57.6 Å². The average Bonchev–Trinajstić information content (AvgIpc) is 3.17. The van der Waals surface area contributed by atoms with Crippen LogP contribution in [0.5, 0.6) is 0 Å². The lowest BCUT2D eigenvalue weighted by atomic mass is 10.1. The third kappa shape index (κ3) is 2.36. The maximum absolute atomic E-state index is 13.4. The highest BCUT2D eigenvalue weighted by Gasteiger charge is 2.53. The van der Waals surface area contributed by atoms with E-state index in [-0.39, 0.29) is 25.5 Å². The van der Waals surface area contributed by atoms with Crippen molar-refractivity contribution in [1.82, 2.24) is 4.31 Å². The smallest absolute Gasteiger partial charge is 0.218 e. The summed E-state index contributed by atoms with van der Waals surface area (Å²) in [6.45, 7) is -0.437. The number of hydrogen-bond acceptors (Lipinski definition) is 3. The molecule has 1 aliphatic heterocycles. The van der Waals surface area contributed by atoms with E-state index in [2.05, 4.69) is 0 Å². The molecule has 0 bridgehead atoms. The molecule has 1 aliphatic carbocycles. The first-order valence-corrected chi connectivity index (χ1v) is 8.35. The molecular weight excluding hydrogens is 281 g/mol. The number of aliphatic hydroxyl groups excluding tert-OH is 1. The van der Waals surface area contributed by atoms with Gasteiger partial charge in [-0.1, -0.05) is 30.3 Å². The minimum absolute atomic E-state index is 0.000737. The Kier molecular flexibility index (Phi) is 3.56. The van der Waals surface area contributed by atoms with E-state index in [1.54, 1.807) is 0 Å². The molecule has 4 unspecified atom stereocenters. The van der Waals surface area contributed by atoms with Crippen LogP contribution in [0, 0.1) is 0 Å². The van der Waals surface area contributed by atoms with Crippen LogP contribution in [0.25, 0.3) is 0 Å². The summed E-state index contributed by atoms with van der Waals surface area (Å²) >= 11 is 0. The second-order valence-corrected chi connectivity index (χ2v) is 7.68. The average molecular weight is 299 g/mol. The predicted molar refractivity (Wildman–Crippen MR) is 73.6 cm³/mol. The zero-order valence-electron chi connectivity index (χ0n) is 11.0. The van der Waals surface area contributed by atoms with Gasteiger partial charge in [0.15, 0.2) is 0 Å². The Hall–Kier alpha value is -0.980. The van der Waals surface area contributed by atoms with Crippen molar-refractivity contribution in [1.29, 1.82) is 0 Å². The number of halogens is 1. The first-order chi connectivity index (χ1) is 9.54. The van der Waals surface area contributed by atoms with Gasteiger partial charge in [-0.15, -0.1) is 0 Å². The van der Waals surface area contributed by atoms with Gasteiger partial charge in [0.05, 0.1) is 17.9 Å². The third-order valence-electron chi connectivity index (χ3n) is 4.19. The number of aliphatic hydroxyl groups is 1. The number of sulfonamides is 1. The van der Waals surface area contributed by atoms with E-state index in [9.17, 15) is 17.9 Å². The van der Waals surface area contributed by atoms with Gasteiger partial charge < -0.3 is 5.11 Å². The molecule has 0 amide bonds. The fourth-order valence-electron chi connectivity index (χ4n) is 3.03. The van der Waals surface area contributed by atoms with Crippen LogP contribution in [0.3, 0.4) is 0 Å². The molecule has 110 valence electrons. The Balaban J connectivity index is 1.78. The normalized spacial score (nSPS) is 34.3. The predicted octanol–water partition coefficient (Wildman–Crippen LogP) is 1.28. The van der Waals surface area contributed by atoms with Crippen LogP contribution in [0.15, 0.2) is 30.3 Å². The fourth-order valence-corrected chi connectivity index (χ4v) is 5.34. The maximum atomic E-state index is 13.4. The molecule has 3 rings (SSSR count). The summed E-state index contributed by atoms with van der Waals surface area (Å²) in [7, 11) is -3.52. The highest BCUT2D eigenvalue weighted by Crippen LogP contribution is 2.48. The van der Waals surface area contributed by atoms with Crippen molar-refractivity contribution in [3.63, 3.8) is 0 Å². The minimum atomic E-state index is -3.52. The van der Waals surface area contributed by atoms with Gasteiger partial charge in [0.1, 0.15) is 6.17 Å². The monoisotopic (exact) mass is 299 g/mol. The first-order valence-electron chi connectivity index (χ1n) is 6.84. The summed E-state index contributed by atoms with van der Waals surface area (Å²) in [6, 6.07) is 8.91. The third-order valence-corrected chi connectivity index (χ3v) is 6.58. The Bertz CT molecular complexity index is 577. The molecule has 0 radical (unpaired) electrons. The molecule has 1 aromatic rings. The zero-order valence-corrected chi connectivity index (χ0v) is 11.8. The van der Waals surface area contributed by atoms with Crippen molar-refractivity contribution >= 4 is 10.0 Å². The maximum Gasteiger partial charge on any atom is 0.218 e. The Labute approximate surface area is 118 Å². The highest BCUT2D eigenvalue weighted by molar-refractivity contribution is 7.90. The molecule has 1 N–H and O–H groups in total. The van der Waals surface area contributed by atoms with E-state index in [1.807, 2.05) is 30.3 Å². The minimum Gasteiger partial charge on any atom is -0.395 e. The van der Waals surface area contributed by atoms with Gasteiger partial charge in [0.25, 0.3) is 0 Å². The number of nitrogens with zero attached hydrogens (tertiary/aromatic N) is 1. The van der Waals surface area contributed by atoms with Gasteiger partial charge in [-0.2, -0.15) is 4.31 Å². The van der Waals surface area contributed by atoms with Crippen molar-refractivity contribution < 1.29 is 17.9 Å². The Morgan fingerprint density at radius 1 is 1.25 bits per heavy atom. The quantitative estimate of drug-likeness (QED) is 0.911. The first kappa shape index (κ1) is 14.0. The Morgan fingerprint density at radius 2 is 1.95 bits per heavy atom. The molecule has 0 spiro atoms. The van der Waals surface area contributed by atoms with Crippen LogP contribution in [0.2, 0.25) is 0 Å². The van der Waals surface area contributed by atoms with Gasteiger partial charge >= 0.3 is 0 Å². The molecule has 4 nitrogen and oxygen atoms in total. The fraction of sp³-hybridized carbons (Fsp3) is 0.571. The molecule has 6 heteroatoms. The van der Waals surface area contributed by atoms with Crippen LogP contribution in [-0.2, 0) is 10.0 Å².